The Morgan fingerprint density at radius 3 is 2.37 bits per heavy atom. The van der Waals surface area contributed by atoms with E-state index in [0.717, 1.165) is 61.5 Å². The van der Waals surface area contributed by atoms with Gasteiger partial charge in [-0.25, -0.2) is 9.37 Å². The van der Waals surface area contributed by atoms with Crippen LogP contribution in [0.2, 0.25) is 0 Å². The summed E-state index contributed by atoms with van der Waals surface area (Å²) in [4.78, 5) is 9.25. The van der Waals surface area contributed by atoms with Gasteiger partial charge in [0.25, 0.3) is 0 Å². The topological polar surface area (TPSA) is 39.9 Å². The van der Waals surface area contributed by atoms with E-state index in [2.05, 4.69) is 53.7 Å². The lowest BCUT2D eigenvalue weighted by Crippen LogP contribution is -2.24. The van der Waals surface area contributed by atoms with Gasteiger partial charge in [-0.15, -0.1) is 0 Å². The van der Waals surface area contributed by atoms with Crippen LogP contribution in [-0.4, -0.2) is 14.5 Å². The zero-order valence-electron chi connectivity index (χ0n) is 23.8. The highest BCUT2D eigenvalue weighted by Gasteiger charge is 2.36. The molecule has 4 aromatic carbocycles. The highest BCUT2D eigenvalue weighted by atomic mass is 19.1. The van der Waals surface area contributed by atoms with Gasteiger partial charge < -0.3 is 4.74 Å². The number of pyridine rings is 2. The summed E-state index contributed by atoms with van der Waals surface area (Å²) in [6.07, 6.45) is 2.24. The zero-order chi connectivity index (χ0) is 29.1. The molecule has 1 aliphatic heterocycles. The van der Waals surface area contributed by atoms with Crippen LogP contribution in [-0.2, 0) is 5.41 Å². The second-order valence-electron chi connectivity index (χ2n) is 11.6. The van der Waals surface area contributed by atoms with Crippen molar-refractivity contribution in [2.75, 3.05) is 0 Å². The molecule has 0 N–H and O–H groups in total. The van der Waals surface area contributed by atoms with E-state index in [1.54, 1.807) is 12.4 Å². The normalized spacial score (nSPS) is 14.2. The van der Waals surface area contributed by atoms with E-state index in [0.29, 0.717) is 11.1 Å². The highest BCUT2D eigenvalue weighted by molar-refractivity contribution is 6.12. The van der Waals surface area contributed by atoms with Gasteiger partial charge in [0.05, 0.1) is 16.6 Å². The Morgan fingerprint density at radius 1 is 0.721 bits per heavy atom. The molecule has 1 atom stereocenters. The van der Waals surface area contributed by atoms with Crippen molar-refractivity contribution < 1.29 is 9.13 Å². The van der Waals surface area contributed by atoms with Crippen LogP contribution in [0.3, 0.4) is 0 Å². The molecule has 0 amide bonds. The molecule has 4 nitrogen and oxygen atoms in total. The monoisotopic (exact) mass is 561 g/mol. The first-order chi connectivity index (χ1) is 21.0. The first-order valence-electron chi connectivity index (χ1n) is 14.5. The summed E-state index contributed by atoms with van der Waals surface area (Å²) in [5.74, 6) is 1.72. The molecule has 1 unspecified atom stereocenters. The zero-order valence-corrected chi connectivity index (χ0v) is 23.8. The number of benzene rings is 4. The molecule has 5 heteroatoms. The van der Waals surface area contributed by atoms with Crippen molar-refractivity contribution in [3.63, 3.8) is 0 Å². The number of ether oxygens (including phenoxy) is 1. The molecule has 208 valence electrons. The van der Waals surface area contributed by atoms with Gasteiger partial charge in [0.15, 0.2) is 6.17 Å². The smallest absolute Gasteiger partial charge is 0.150 e. The first-order valence-corrected chi connectivity index (χ1v) is 14.5. The second-order valence-corrected chi connectivity index (χ2v) is 11.6. The fraction of sp³-hybridized carbons (Fsp3) is 0.105. The largest absolute Gasteiger partial charge is 0.456 e. The lowest BCUT2D eigenvalue weighted by atomic mass is 9.75. The molecule has 0 spiro atoms. The number of nitrogens with zero attached hydrogens (tertiary/aromatic N) is 3. The highest BCUT2D eigenvalue weighted by Crippen LogP contribution is 2.52. The maximum atomic E-state index is 16.2. The van der Waals surface area contributed by atoms with Crippen LogP contribution in [0.1, 0.15) is 42.3 Å². The standard InChI is InChI=1S/C38H28FN3O/c1-38(2)29-15-3-4-17-33(29)43-36-30(38)18-19-32-34(36)28-14-9-21-41-37(28)42(32)27-13-8-12-26(23-27)35(39)25-11-7-10-24(22-25)31-16-5-6-20-40-31/h3-23,35H,1-2H3. The lowest BCUT2D eigenvalue weighted by molar-refractivity contribution is 0.402. The summed E-state index contributed by atoms with van der Waals surface area (Å²) in [6, 6.07) is 37.6. The molecule has 1 aliphatic rings. The lowest BCUT2D eigenvalue weighted by Gasteiger charge is -2.34. The van der Waals surface area contributed by atoms with Gasteiger partial charge in [-0.05, 0) is 65.7 Å². The quantitative estimate of drug-likeness (QED) is 0.215. The van der Waals surface area contributed by atoms with Crippen molar-refractivity contribution in [2.24, 2.45) is 0 Å². The second kappa shape index (κ2) is 9.63. The molecule has 0 aliphatic carbocycles. The number of aromatic nitrogens is 3. The van der Waals surface area contributed by atoms with Crippen molar-refractivity contribution in [2.45, 2.75) is 25.4 Å². The van der Waals surface area contributed by atoms with Crippen molar-refractivity contribution in [1.29, 1.82) is 0 Å². The van der Waals surface area contributed by atoms with Crippen molar-refractivity contribution in [1.82, 2.24) is 14.5 Å². The van der Waals surface area contributed by atoms with Crippen LogP contribution < -0.4 is 4.74 Å². The summed E-state index contributed by atoms with van der Waals surface area (Å²) < 4.78 is 25.0. The third-order valence-corrected chi connectivity index (χ3v) is 8.65. The Labute approximate surface area is 249 Å². The fourth-order valence-electron chi connectivity index (χ4n) is 6.49. The summed E-state index contributed by atoms with van der Waals surface area (Å²) in [7, 11) is 0. The molecular formula is C38H28FN3O. The minimum atomic E-state index is -1.31. The maximum Gasteiger partial charge on any atom is 0.150 e. The summed E-state index contributed by atoms with van der Waals surface area (Å²) in [6.45, 7) is 4.48. The van der Waals surface area contributed by atoms with Crippen LogP contribution in [0.25, 0.3) is 38.9 Å². The molecular weight excluding hydrogens is 533 g/mol. The van der Waals surface area contributed by atoms with Crippen LogP contribution in [0, 0.1) is 0 Å². The Kier molecular flexibility index (Phi) is 5.70. The fourth-order valence-corrected chi connectivity index (χ4v) is 6.49. The van der Waals surface area contributed by atoms with Gasteiger partial charge >= 0.3 is 0 Å². The molecule has 0 bridgehead atoms. The molecule has 0 saturated heterocycles. The van der Waals surface area contributed by atoms with Crippen LogP contribution in [0.15, 0.2) is 128 Å². The molecule has 8 rings (SSSR count). The van der Waals surface area contributed by atoms with Gasteiger partial charge in [-0.3, -0.25) is 9.55 Å². The van der Waals surface area contributed by atoms with E-state index in [4.69, 9.17) is 9.72 Å². The summed E-state index contributed by atoms with van der Waals surface area (Å²) >= 11 is 0. The number of rotatable bonds is 4. The number of fused-ring (bicyclic) bond motifs is 6. The van der Waals surface area contributed by atoms with Crippen LogP contribution in [0.4, 0.5) is 4.39 Å². The third kappa shape index (κ3) is 3.96. The number of halogens is 1. The van der Waals surface area contributed by atoms with E-state index < -0.39 is 6.17 Å². The number of hydrogen-bond acceptors (Lipinski definition) is 3. The van der Waals surface area contributed by atoms with E-state index in [1.165, 1.54) is 0 Å². The average Bonchev–Trinajstić information content (AvgIpc) is 3.40. The van der Waals surface area contributed by atoms with Gasteiger partial charge in [-0.2, -0.15) is 0 Å². The molecule has 7 aromatic rings. The maximum absolute atomic E-state index is 16.2. The molecule has 4 heterocycles. The minimum absolute atomic E-state index is 0.236. The predicted octanol–water partition coefficient (Wildman–Crippen LogP) is 9.73. The summed E-state index contributed by atoms with van der Waals surface area (Å²) in [5.41, 5.74) is 7.54. The Bertz CT molecular complexity index is 2170. The van der Waals surface area contributed by atoms with Crippen LogP contribution in [0.5, 0.6) is 11.5 Å². The van der Waals surface area contributed by atoms with Gasteiger partial charge in [-0.1, -0.05) is 74.5 Å². The molecule has 0 radical (unpaired) electrons. The number of para-hydroxylation sites is 1. The Morgan fingerprint density at radius 2 is 1.51 bits per heavy atom. The average molecular weight is 562 g/mol. The van der Waals surface area contributed by atoms with Gasteiger partial charge in [0.2, 0.25) is 0 Å². The van der Waals surface area contributed by atoms with E-state index in [-0.39, 0.29) is 5.41 Å². The van der Waals surface area contributed by atoms with E-state index in [1.807, 2.05) is 84.9 Å². The first kappa shape index (κ1) is 25.4. The van der Waals surface area contributed by atoms with Crippen molar-refractivity contribution in [3.8, 4) is 28.4 Å². The van der Waals surface area contributed by atoms with Gasteiger partial charge in [0, 0.05) is 45.6 Å². The van der Waals surface area contributed by atoms with E-state index >= 15 is 4.39 Å². The minimum Gasteiger partial charge on any atom is -0.456 e. The molecule has 0 saturated carbocycles. The number of hydrogen-bond donors (Lipinski definition) is 0. The number of alkyl halides is 1. The van der Waals surface area contributed by atoms with E-state index in [9.17, 15) is 0 Å². The van der Waals surface area contributed by atoms with Crippen LogP contribution >= 0.6 is 0 Å². The third-order valence-electron chi connectivity index (χ3n) is 8.65. The Balaban J connectivity index is 1.28. The molecule has 3 aromatic heterocycles. The van der Waals surface area contributed by atoms with Crippen molar-refractivity contribution in [3.05, 3.63) is 150 Å². The van der Waals surface area contributed by atoms with Gasteiger partial charge in [0.1, 0.15) is 17.1 Å². The SMILES string of the molecule is CC1(C)c2ccccc2Oc2c1ccc1c2c2cccnc2n1-c1cccc(C(F)c2cccc(-c3ccccn3)c2)c1. The Hall–Kier alpha value is -5.29. The molecule has 0 fully saturated rings. The molecule has 43 heavy (non-hydrogen) atoms. The predicted molar refractivity (Wildman–Crippen MR) is 170 cm³/mol. The summed E-state index contributed by atoms with van der Waals surface area (Å²) in [5, 5.41) is 2.00. The van der Waals surface area contributed by atoms with Crippen molar-refractivity contribution >= 4 is 21.9 Å².